The summed E-state index contributed by atoms with van der Waals surface area (Å²) in [5, 5.41) is 0.348. The average Bonchev–Trinajstić information content (AvgIpc) is 2.66. The molecule has 2 heterocycles. The van der Waals surface area contributed by atoms with Gasteiger partial charge in [-0.2, -0.15) is 0 Å². The monoisotopic (exact) mass is 289 g/mol. The van der Waals surface area contributed by atoms with Crippen LogP contribution >= 0.6 is 11.6 Å². The predicted octanol–water partition coefficient (Wildman–Crippen LogP) is 3.99. The maximum absolute atomic E-state index is 14.0. The van der Waals surface area contributed by atoms with E-state index in [0.29, 0.717) is 27.7 Å². The van der Waals surface area contributed by atoms with E-state index in [2.05, 4.69) is 4.98 Å². The Morgan fingerprint density at radius 1 is 1.20 bits per heavy atom. The van der Waals surface area contributed by atoms with E-state index in [1.54, 1.807) is 12.1 Å². The number of nitrogens with two attached hydrogens (primary N) is 1. The molecule has 20 heavy (non-hydrogen) atoms. The van der Waals surface area contributed by atoms with Gasteiger partial charge in [0, 0.05) is 16.3 Å². The first-order chi connectivity index (χ1) is 9.47. The molecule has 3 aromatic rings. The van der Waals surface area contributed by atoms with Crippen molar-refractivity contribution >= 4 is 23.1 Å². The fraction of sp³-hybridized carbons (Fsp3) is 0.133. The normalized spacial score (nSPS) is 11.2. The van der Waals surface area contributed by atoms with E-state index in [9.17, 15) is 4.39 Å². The summed E-state index contributed by atoms with van der Waals surface area (Å²) in [5.41, 5.74) is 9.68. The van der Waals surface area contributed by atoms with Crippen molar-refractivity contribution in [3.63, 3.8) is 0 Å². The van der Waals surface area contributed by atoms with Crippen molar-refractivity contribution in [2.45, 2.75) is 13.8 Å². The number of aryl methyl sites for hydroxylation is 2. The van der Waals surface area contributed by atoms with Crippen LogP contribution in [0, 0.1) is 19.7 Å². The Labute approximate surface area is 120 Å². The van der Waals surface area contributed by atoms with Gasteiger partial charge in [0.25, 0.3) is 0 Å². The molecule has 3 rings (SSSR count). The number of hydrogen-bond donors (Lipinski definition) is 1. The number of benzene rings is 1. The van der Waals surface area contributed by atoms with Gasteiger partial charge in [0.2, 0.25) is 0 Å². The summed E-state index contributed by atoms with van der Waals surface area (Å²) in [6.07, 6.45) is 0. The topological polar surface area (TPSA) is 43.3 Å². The standard InChI is InChI=1S/C15H13ClFN3/c1-8-5-9(2)20-13(6-8)19-14(15(20)18)11-4-3-10(16)7-12(11)17/h3-7H,18H2,1-2H3. The van der Waals surface area contributed by atoms with E-state index >= 15 is 0 Å². The third-order valence-electron chi connectivity index (χ3n) is 3.27. The van der Waals surface area contributed by atoms with Crippen molar-refractivity contribution < 1.29 is 4.39 Å². The van der Waals surface area contributed by atoms with Gasteiger partial charge in [0.05, 0.1) is 0 Å². The molecule has 0 amide bonds. The molecule has 0 saturated carbocycles. The Hall–Kier alpha value is -2.07. The van der Waals surface area contributed by atoms with Crippen molar-refractivity contribution in [1.29, 1.82) is 0 Å². The number of pyridine rings is 1. The highest BCUT2D eigenvalue weighted by atomic mass is 35.5. The number of nitrogen functional groups attached to an aromatic ring is 1. The molecule has 0 fully saturated rings. The van der Waals surface area contributed by atoms with Crippen molar-refractivity contribution in [2.75, 3.05) is 5.73 Å². The van der Waals surface area contributed by atoms with Gasteiger partial charge < -0.3 is 5.73 Å². The van der Waals surface area contributed by atoms with E-state index in [1.165, 1.54) is 6.07 Å². The largest absolute Gasteiger partial charge is 0.383 e. The lowest BCUT2D eigenvalue weighted by Crippen LogP contribution is -1.98. The minimum atomic E-state index is -0.429. The zero-order valence-electron chi connectivity index (χ0n) is 11.1. The molecule has 0 aliphatic heterocycles. The first-order valence-corrected chi connectivity index (χ1v) is 6.56. The number of hydrogen-bond acceptors (Lipinski definition) is 2. The molecular weight excluding hydrogens is 277 g/mol. The summed E-state index contributed by atoms with van der Waals surface area (Å²) < 4.78 is 15.9. The molecule has 2 N–H and O–H groups in total. The Bertz CT molecular complexity index is 824. The predicted molar refractivity (Wildman–Crippen MR) is 79.5 cm³/mol. The Kier molecular flexibility index (Phi) is 2.91. The second-order valence-corrected chi connectivity index (χ2v) is 5.27. The highest BCUT2D eigenvalue weighted by molar-refractivity contribution is 6.30. The van der Waals surface area contributed by atoms with Crippen LogP contribution in [0.15, 0.2) is 30.3 Å². The lowest BCUT2D eigenvalue weighted by atomic mass is 10.1. The minimum absolute atomic E-state index is 0.348. The smallest absolute Gasteiger partial charge is 0.139 e. The average molecular weight is 290 g/mol. The summed E-state index contributed by atoms with van der Waals surface area (Å²) in [4.78, 5) is 4.45. The maximum Gasteiger partial charge on any atom is 0.139 e. The second-order valence-electron chi connectivity index (χ2n) is 4.84. The van der Waals surface area contributed by atoms with Gasteiger partial charge >= 0.3 is 0 Å². The fourth-order valence-corrected chi connectivity index (χ4v) is 2.60. The SMILES string of the molecule is Cc1cc(C)n2c(N)c(-c3ccc(Cl)cc3F)nc2c1. The van der Waals surface area contributed by atoms with Crippen LogP contribution in [0.1, 0.15) is 11.3 Å². The number of halogens is 2. The maximum atomic E-state index is 14.0. The number of fused-ring (bicyclic) bond motifs is 1. The Morgan fingerprint density at radius 3 is 2.65 bits per heavy atom. The molecule has 3 nitrogen and oxygen atoms in total. The fourth-order valence-electron chi connectivity index (χ4n) is 2.44. The zero-order chi connectivity index (χ0) is 14.4. The van der Waals surface area contributed by atoms with Crippen LogP contribution in [-0.2, 0) is 0 Å². The van der Waals surface area contributed by atoms with Crippen molar-refractivity contribution in [3.05, 3.63) is 52.4 Å². The molecule has 0 saturated heterocycles. The van der Waals surface area contributed by atoms with Gasteiger partial charge in [-0.25, -0.2) is 9.37 Å². The molecule has 0 radical (unpaired) electrons. The van der Waals surface area contributed by atoms with Gasteiger partial charge in [-0.05, 0) is 49.7 Å². The van der Waals surface area contributed by atoms with Crippen LogP contribution in [-0.4, -0.2) is 9.38 Å². The zero-order valence-corrected chi connectivity index (χ0v) is 11.9. The summed E-state index contributed by atoms with van der Waals surface area (Å²) >= 11 is 5.77. The number of nitrogens with zero attached hydrogens (tertiary/aromatic N) is 2. The van der Waals surface area contributed by atoms with Crippen LogP contribution in [0.2, 0.25) is 5.02 Å². The highest BCUT2D eigenvalue weighted by Crippen LogP contribution is 2.31. The molecule has 1 aromatic carbocycles. The lowest BCUT2D eigenvalue weighted by molar-refractivity contribution is 0.631. The lowest BCUT2D eigenvalue weighted by Gasteiger charge is -2.04. The number of imidazole rings is 1. The number of rotatable bonds is 1. The van der Waals surface area contributed by atoms with E-state index in [4.69, 9.17) is 17.3 Å². The third-order valence-corrected chi connectivity index (χ3v) is 3.51. The summed E-state index contributed by atoms with van der Waals surface area (Å²) in [6, 6.07) is 8.41. The number of anilines is 1. The van der Waals surface area contributed by atoms with E-state index in [1.807, 2.05) is 30.4 Å². The summed E-state index contributed by atoms with van der Waals surface area (Å²) in [7, 11) is 0. The molecule has 0 atom stereocenters. The van der Waals surface area contributed by atoms with Gasteiger partial charge in [0.15, 0.2) is 0 Å². The first kappa shape index (κ1) is 12.9. The third kappa shape index (κ3) is 1.93. The molecule has 0 bridgehead atoms. The molecule has 102 valence electrons. The molecule has 0 unspecified atom stereocenters. The molecule has 5 heteroatoms. The quantitative estimate of drug-likeness (QED) is 0.736. The van der Waals surface area contributed by atoms with Crippen LogP contribution < -0.4 is 5.73 Å². The van der Waals surface area contributed by atoms with Crippen molar-refractivity contribution in [1.82, 2.24) is 9.38 Å². The molecular formula is C15H13ClFN3. The van der Waals surface area contributed by atoms with E-state index < -0.39 is 5.82 Å². The Balaban J connectivity index is 2.32. The van der Waals surface area contributed by atoms with Crippen LogP contribution in [0.5, 0.6) is 0 Å². The van der Waals surface area contributed by atoms with Crippen LogP contribution in [0.25, 0.3) is 16.9 Å². The van der Waals surface area contributed by atoms with E-state index in [-0.39, 0.29) is 0 Å². The van der Waals surface area contributed by atoms with Crippen LogP contribution in [0.4, 0.5) is 10.2 Å². The minimum Gasteiger partial charge on any atom is -0.383 e. The molecule has 0 aliphatic rings. The number of aromatic nitrogens is 2. The van der Waals surface area contributed by atoms with Crippen LogP contribution in [0.3, 0.4) is 0 Å². The Morgan fingerprint density at radius 2 is 1.95 bits per heavy atom. The summed E-state index contributed by atoms with van der Waals surface area (Å²) in [5.74, 6) is 0.000651. The van der Waals surface area contributed by atoms with Gasteiger partial charge in [-0.15, -0.1) is 0 Å². The molecule has 2 aromatic heterocycles. The first-order valence-electron chi connectivity index (χ1n) is 6.18. The highest BCUT2D eigenvalue weighted by Gasteiger charge is 2.16. The van der Waals surface area contributed by atoms with Gasteiger partial charge in [0.1, 0.15) is 23.0 Å². The summed E-state index contributed by atoms with van der Waals surface area (Å²) in [6.45, 7) is 3.93. The molecule has 0 spiro atoms. The van der Waals surface area contributed by atoms with Crippen molar-refractivity contribution in [2.24, 2.45) is 0 Å². The van der Waals surface area contributed by atoms with Crippen molar-refractivity contribution in [3.8, 4) is 11.3 Å². The second kappa shape index (κ2) is 4.49. The van der Waals surface area contributed by atoms with E-state index in [0.717, 1.165) is 11.3 Å². The van der Waals surface area contributed by atoms with Gasteiger partial charge in [-0.3, -0.25) is 4.40 Å². The molecule has 0 aliphatic carbocycles. The van der Waals surface area contributed by atoms with Gasteiger partial charge in [-0.1, -0.05) is 11.6 Å².